The van der Waals surface area contributed by atoms with Crippen LogP contribution in [0.5, 0.6) is 5.75 Å². The van der Waals surface area contributed by atoms with Gasteiger partial charge < -0.3 is 5.11 Å². The smallest absolute Gasteiger partial charge is 0.168 e. The molecule has 246 valence electrons. The average Bonchev–Trinajstić information content (AvgIpc) is 3.62. The zero-order chi connectivity index (χ0) is 34.9. The topological polar surface area (TPSA) is 63.8 Å². The maximum Gasteiger partial charge on any atom is 0.168 e. The normalized spacial score (nSPS) is 11.2. The van der Waals surface area contributed by atoms with Crippen molar-refractivity contribution in [1.82, 2.24) is 19.5 Å². The second-order valence-corrected chi connectivity index (χ2v) is 12.7. The van der Waals surface area contributed by atoms with Crippen molar-refractivity contribution >= 4 is 11.0 Å². The number of nitrogens with zero attached hydrogens (tertiary/aromatic N) is 4. The Kier molecular flexibility index (Phi) is 7.91. The van der Waals surface area contributed by atoms with Crippen LogP contribution in [0.1, 0.15) is 0 Å². The largest absolute Gasteiger partial charge is 0.506 e. The number of hydrogen-bond acceptors (Lipinski definition) is 4. The summed E-state index contributed by atoms with van der Waals surface area (Å²) in [5, 5.41) is 10.9. The zero-order valence-electron chi connectivity index (χ0n) is 28.1. The molecule has 0 aliphatic carbocycles. The molecule has 3 aromatic heterocycles. The molecule has 0 amide bonds. The molecular formula is C47H32N4O. The highest BCUT2D eigenvalue weighted by molar-refractivity contribution is 5.97. The minimum atomic E-state index is 0.0746. The molecule has 0 radical (unpaired) electrons. The predicted molar refractivity (Wildman–Crippen MR) is 211 cm³/mol. The molecule has 0 unspecified atom stereocenters. The Bertz CT molecular complexity index is 2670. The molecule has 6 aromatic carbocycles. The summed E-state index contributed by atoms with van der Waals surface area (Å²) in [5.41, 5.74) is 13.7. The first-order valence-corrected chi connectivity index (χ1v) is 17.2. The first-order chi connectivity index (χ1) is 25.7. The standard InChI is InChI=1S/C47H32N4O/c52-44-20-11-26-49-46(44)47-50-45-41(18-10-19-43(45)51(47)40-16-8-3-9-17-40)38-28-37(33-14-6-2-7-15-33)29-39(30-38)42-31-36(25-27-48-42)35-23-21-34(22-24-35)32-12-4-1-5-13-32/h1-31,52H. The predicted octanol–water partition coefficient (Wildman–Crippen LogP) is 11.5. The van der Waals surface area contributed by atoms with E-state index in [4.69, 9.17) is 9.97 Å². The van der Waals surface area contributed by atoms with Gasteiger partial charge in [0.15, 0.2) is 5.82 Å². The van der Waals surface area contributed by atoms with E-state index in [9.17, 15) is 5.11 Å². The van der Waals surface area contributed by atoms with E-state index < -0.39 is 0 Å². The lowest BCUT2D eigenvalue weighted by molar-refractivity contribution is 0.474. The molecular weight excluding hydrogens is 637 g/mol. The van der Waals surface area contributed by atoms with Gasteiger partial charge in [0.25, 0.3) is 0 Å². The highest BCUT2D eigenvalue weighted by atomic mass is 16.3. The maximum atomic E-state index is 10.9. The summed E-state index contributed by atoms with van der Waals surface area (Å²) < 4.78 is 2.07. The molecule has 0 aliphatic rings. The van der Waals surface area contributed by atoms with Crippen LogP contribution in [0.2, 0.25) is 0 Å². The number of hydrogen-bond donors (Lipinski definition) is 1. The number of benzene rings is 6. The zero-order valence-corrected chi connectivity index (χ0v) is 28.1. The summed E-state index contributed by atoms with van der Waals surface area (Å²) in [6, 6.07) is 60.1. The average molecular weight is 669 g/mol. The second kappa shape index (κ2) is 13.3. The minimum absolute atomic E-state index is 0.0746. The van der Waals surface area contributed by atoms with Crippen LogP contribution in [0.15, 0.2) is 188 Å². The van der Waals surface area contributed by atoms with Crippen LogP contribution >= 0.6 is 0 Å². The number of pyridine rings is 2. The molecule has 52 heavy (non-hydrogen) atoms. The first-order valence-electron chi connectivity index (χ1n) is 17.2. The lowest BCUT2D eigenvalue weighted by Gasteiger charge is -2.13. The number of imidazole rings is 1. The molecule has 0 spiro atoms. The van der Waals surface area contributed by atoms with E-state index in [1.54, 1.807) is 18.3 Å². The van der Waals surface area contributed by atoms with Crippen molar-refractivity contribution in [3.8, 4) is 78.7 Å². The van der Waals surface area contributed by atoms with Gasteiger partial charge in [-0.15, -0.1) is 0 Å². The third kappa shape index (κ3) is 5.80. The molecule has 5 heteroatoms. The van der Waals surface area contributed by atoms with Crippen molar-refractivity contribution in [2.75, 3.05) is 0 Å². The number of aromatic nitrogens is 4. The quantitative estimate of drug-likeness (QED) is 0.184. The van der Waals surface area contributed by atoms with Gasteiger partial charge in [-0.3, -0.25) is 9.55 Å². The third-order valence-electron chi connectivity index (χ3n) is 9.43. The van der Waals surface area contributed by atoms with E-state index >= 15 is 0 Å². The molecule has 0 saturated heterocycles. The number of aromatic hydroxyl groups is 1. The SMILES string of the molecule is Oc1cccnc1-c1nc2c(-c3cc(-c4ccccc4)cc(-c4cc(-c5ccc(-c6ccccc6)cc5)ccn4)c3)cccc2n1-c1ccccc1. The van der Waals surface area contributed by atoms with Crippen LogP contribution in [0, 0.1) is 0 Å². The van der Waals surface area contributed by atoms with Gasteiger partial charge in [0.2, 0.25) is 0 Å². The number of rotatable bonds is 7. The highest BCUT2D eigenvalue weighted by Crippen LogP contribution is 2.39. The van der Waals surface area contributed by atoms with Gasteiger partial charge in [-0.25, -0.2) is 9.97 Å². The van der Waals surface area contributed by atoms with E-state index in [1.165, 1.54) is 11.1 Å². The van der Waals surface area contributed by atoms with Gasteiger partial charge in [0, 0.05) is 29.2 Å². The fraction of sp³-hybridized carbons (Fsp3) is 0. The van der Waals surface area contributed by atoms with E-state index in [0.717, 1.165) is 61.4 Å². The number of fused-ring (bicyclic) bond motifs is 1. The summed E-state index contributed by atoms with van der Waals surface area (Å²) in [4.78, 5) is 14.6. The lowest BCUT2D eigenvalue weighted by atomic mass is 9.93. The summed E-state index contributed by atoms with van der Waals surface area (Å²) in [6.45, 7) is 0. The van der Waals surface area contributed by atoms with Crippen LogP contribution < -0.4 is 0 Å². The van der Waals surface area contributed by atoms with E-state index in [1.807, 2.05) is 48.7 Å². The van der Waals surface area contributed by atoms with E-state index in [-0.39, 0.29) is 5.75 Å². The van der Waals surface area contributed by atoms with Gasteiger partial charge >= 0.3 is 0 Å². The van der Waals surface area contributed by atoms with Crippen LogP contribution in [-0.4, -0.2) is 24.6 Å². The van der Waals surface area contributed by atoms with Crippen molar-refractivity contribution in [3.63, 3.8) is 0 Å². The van der Waals surface area contributed by atoms with Gasteiger partial charge in [-0.1, -0.05) is 115 Å². The van der Waals surface area contributed by atoms with Gasteiger partial charge in [-0.05, 0) is 99.6 Å². The molecule has 0 saturated carbocycles. The van der Waals surface area contributed by atoms with Crippen LogP contribution in [-0.2, 0) is 0 Å². The van der Waals surface area contributed by atoms with Crippen LogP contribution in [0.4, 0.5) is 0 Å². The van der Waals surface area contributed by atoms with E-state index in [0.29, 0.717) is 11.5 Å². The summed E-state index contributed by atoms with van der Waals surface area (Å²) in [7, 11) is 0. The Balaban J connectivity index is 1.21. The van der Waals surface area contributed by atoms with Gasteiger partial charge in [0.05, 0.1) is 16.7 Å². The Morgan fingerprint density at radius 1 is 0.423 bits per heavy atom. The van der Waals surface area contributed by atoms with Crippen molar-refractivity contribution in [3.05, 3.63) is 188 Å². The number of para-hydroxylation sites is 2. The summed E-state index contributed by atoms with van der Waals surface area (Å²) >= 11 is 0. The van der Waals surface area contributed by atoms with Gasteiger partial charge in [0.1, 0.15) is 11.4 Å². The Morgan fingerprint density at radius 3 is 1.75 bits per heavy atom. The monoisotopic (exact) mass is 668 g/mol. The lowest BCUT2D eigenvalue weighted by Crippen LogP contribution is -1.98. The maximum absolute atomic E-state index is 10.9. The third-order valence-corrected chi connectivity index (χ3v) is 9.43. The van der Waals surface area contributed by atoms with Gasteiger partial charge in [-0.2, -0.15) is 0 Å². The molecule has 0 bridgehead atoms. The van der Waals surface area contributed by atoms with Crippen molar-refractivity contribution < 1.29 is 5.11 Å². The molecule has 9 aromatic rings. The molecule has 3 heterocycles. The molecule has 0 fully saturated rings. The van der Waals surface area contributed by atoms with Crippen molar-refractivity contribution in [2.45, 2.75) is 0 Å². The first kappa shape index (κ1) is 30.9. The van der Waals surface area contributed by atoms with Crippen molar-refractivity contribution in [1.29, 1.82) is 0 Å². The molecule has 0 atom stereocenters. The Labute approximate surface area is 301 Å². The summed E-state index contributed by atoms with van der Waals surface area (Å²) in [5.74, 6) is 0.643. The molecule has 0 aliphatic heterocycles. The van der Waals surface area contributed by atoms with Crippen LogP contribution in [0.25, 0.3) is 84.0 Å². The molecule has 1 N–H and O–H groups in total. The van der Waals surface area contributed by atoms with E-state index in [2.05, 4.69) is 131 Å². The fourth-order valence-corrected chi connectivity index (χ4v) is 6.88. The highest BCUT2D eigenvalue weighted by Gasteiger charge is 2.21. The Morgan fingerprint density at radius 2 is 1.04 bits per heavy atom. The summed E-state index contributed by atoms with van der Waals surface area (Å²) in [6.07, 6.45) is 3.57. The minimum Gasteiger partial charge on any atom is -0.506 e. The second-order valence-electron chi connectivity index (χ2n) is 12.7. The molecule has 5 nitrogen and oxygen atoms in total. The fourth-order valence-electron chi connectivity index (χ4n) is 6.88. The van der Waals surface area contributed by atoms with Crippen LogP contribution in [0.3, 0.4) is 0 Å². The Hall–Kier alpha value is -7.11. The van der Waals surface area contributed by atoms with Crippen molar-refractivity contribution in [2.24, 2.45) is 0 Å². The molecule has 9 rings (SSSR count).